The minimum atomic E-state index is -0.198. The van der Waals surface area contributed by atoms with Crippen molar-refractivity contribution in [3.8, 4) is 0 Å². The fourth-order valence-electron chi connectivity index (χ4n) is 1.53. The number of fused-ring (bicyclic) bond motifs is 1. The van der Waals surface area contributed by atoms with Crippen molar-refractivity contribution in [1.82, 2.24) is 24.1 Å². The number of rotatable bonds is 2. The van der Waals surface area contributed by atoms with Crippen LogP contribution in [0.4, 0.5) is 0 Å². The minimum absolute atomic E-state index is 0.198. The van der Waals surface area contributed by atoms with Gasteiger partial charge in [-0.05, 0) is 0 Å². The van der Waals surface area contributed by atoms with Gasteiger partial charge in [0.2, 0.25) is 5.78 Å². The Morgan fingerprint density at radius 2 is 2.29 bits per heavy atom. The van der Waals surface area contributed by atoms with E-state index in [0.717, 1.165) is 4.88 Å². The third-order valence-electron chi connectivity index (χ3n) is 2.24. The van der Waals surface area contributed by atoms with Gasteiger partial charge in [0, 0.05) is 23.3 Å². The lowest BCUT2D eigenvalue weighted by atomic mass is 10.5. The van der Waals surface area contributed by atoms with Gasteiger partial charge in [-0.15, -0.1) is 11.3 Å². The van der Waals surface area contributed by atoms with Gasteiger partial charge in [0.25, 0.3) is 5.56 Å². The average molecular weight is 268 g/mol. The van der Waals surface area contributed by atoms with Gasteiger partial charge in [0.05, 0.1) is 6.54 Å². The van der Waals surface area contributed by atoms with Crippen LogP contribution in [0.1, 0.15) is 4.88 Å². The maximum absolute atomic E-state index is 11.5. The van der Waals surface area contributed by atoms with Gasteiger partial charge in [-0.2, -0.15) is 14.6 Å². The Bertz CT molecular complexity index is 730. The molecule has 3 rings (SSSR count). The smallest absolute Gasteiger partial charge is 0.275 e. The second-order valence-corrected chi connectivity index (χ2v) is 5.03. The maximum atomic E-state index is 11.5. The van der Waals surface area contributed by atoms with Gasteiger partial charge < -0.3 is 4.57 Å². The maximum Gasteiger partial charge on any atom is 0.275 e. The molecule has 0 aliphatic carbocycles. The Balaban J connectivity index is 2.09. The minimum Gasteiger partial charge on any atom is -0.312 e. The summed E-state index contributed by atoms with van der Waals surface area (Å²) in [6.07, 6.45) is 4.74. The van der Waals surface area contributed by atoms with Crippen LogP contribution in [0.3, 0.4) is 0 Å². The molecule has 0 aliphatic heterocycles. The molecule has 3 aromatic heterocycles. The van der Waals surface area contributed by atoms with E-state index in [0.29, 0.717) is 16.8 Å². The Hall–Kier alpha value is -1.73. The molecule has 3 heterocycles. The van der Waals surface area contributed by atoms with Gasteiger partial charge in [-0.25, -0.2) is 4.98 Å². The number of halogens is 1. The normalized spacial score (nSPS) is 11.1. The van der Waals surface area contributed by atoms with Crippen LogP contribution in [0, 0.1) is 0 Å². The summed E-state index contributed by atoms with van der Waals surface area (Å²) in [6.45, 7) is 0.562. The zero-order valence-corrected chi connectivity index (χ0v) is 10.0. The molecule has 8 heteroatoms. The van der Waals surface area contributed by atoms with E-state index >= 15 is 0 Å². The molecule has 0 unspecified atom stereocenters. The van der Waals surface area contributed by atoms with Gasteiger partial charge >= 0.3 is 0 Å². The summed E-state index contributed by atoms with van der Waals surface area (Å²) in [5.74, 6) is 0.502. The number of thiazole rings is 1. The first-order chi connectivity index (χ1) is 8.24. The molecular formula is C9H6ClN5OS. The highest BCUT2D eigenvalue weighted by Crippen LogP contribution is 2.18. The van der Waals surface area contributed by atoms with Crippen molar-refractivity contribution in [2.45, 2.75) is 6.54 Å². The standard InChI is InChI=1S/C9H6ClN5OS/c10-8-11-3-6(17-8)4-14-2-1-7(16)15-9(14)12-5-13-15/h1-3,5H,4H2. The molecule has 0 saturated heterocycles. The second kappa shape index (κ2) is 3.94. The van der Waals surface area contributed by atoms with E-state index in [1.165, 1.54) is 28.2 Å². The lowest BCUT2D eigenvalue weighted by Gasteiger charge is -2.04. The van der Waals surface area contributed by atoms with Gasteiger partial charge in [-0.1, -0.05) is 11.6 Å². The van der Waals surface area contributed by atoms with E-state index in [1.54, 1.807) is 12.4 Å². The summed E-state index contributed by atoms with van der Waals surface area (Å²) in [5, 5.41) is 3.86. The molecule has 3 aromatic rings. The number of nitrogens with zero attached hydrogens (tertiary/aromatic N) is 5. The summed E-state index contributed by atoms with van der Waals surface area (Å²) in [7, 11) is 0. The van der Waals surface area contributed by atoms with E-state index in [1.807, 2.05) is 4.57 Å². The molecule has 0 radical (unpaired) electrons. The highest BCUT2D eigenvalue weighted by atomic mass is 35.5. The largest absolute Gasteiger partial charge is 0.312 e. The van der Waals surface area contributed by atoms with Gasteiger partial charge in [-0.3, -0.25) is 4.79 Å². The molecule has 0 N–H and O–H groups in total. The summed E-state index contributed by atoms with van der Waals surface area (Å²) in [5.41, 5.74) is -0.198. The third-order valence-corrected chi connectivity index (χ3v) is 3.34. The molecule has 0 fully saturated rings. The van der Waals surface area contributed by atoms with E-state index in [2.05, 4.69) is 15.1 Å². The molecule has 17 heavy (non-hydrogen) atoms. The highest BCUT2D eigenvalue weighted by Gasteiger charge is 2.06. The Kier molecular flexibility index (Phi) is 2.41. The van der Waals surface area contributed by atoms with Crippen molar-refractivity contribution in [3.63, 3.8) is 0 Å². The predicted octanol–water partition coefficient (Wildman–Crippen LogP) is 1.05. The molecule has 0 aliphatic rings. The lowest BCUT2D eigenvalue weighted by molar-refractivity contribution is 0.763. The fraction of sp³-hybridized carbons (Fsp3) is 0.111. The summed E-state index contributed by atoms with van der Waals surface area (Å²) in [4.78, 5) is 20.5. The van der Waals surface area contributed by atoms with Crippen LogP contribution in [-0.2, 0) is 6.54 Å². The molecule has 0 aromatic carbocycles. The van der Waals surface area contributed by atoms with Crippen LogP contribution in [0.5, 0.6) is 0 Å². The average Bonchev–Trinajstić information content (AvgIpc) is 2.92. The monoisotopic (exact) mass is 267 g/mol. The fourth-order valence-corrected chi connectivity index (χ4v) is 2.50. The molecule has 86 valence electrons. The molecule has 0 bridgehead atoms. The van der Waals surface area contributed by atoms with Crippen molar-refractivity contribution >= 4 is 28.7 Å². The van der Waals surface area contributed by atoms with Crippen LogP contribution < -0.4 is 5.56 Å². The van der Waals surface area contributed by atoms with Gasteiger partial charge in [0.1, 0.15) is 6.33 Å². The first kappa shape index (κ1) is 10.4. The SMILES string of the molecule is O=c1ccn(Cc2cnc(Cl)s2)c2ncnn12. The summed E-state index contributed by atoms with van der Waals surface area (Å²) < 4.78 is 3.57. The number of hydrogen-bond acceptors (Lipinski definition) is 5. The van der Waals surface area contributed by atoms with E-state index < -0.39 is 0 Å². The molecule has 6 nitrogen and oxygen atoms in total. The summed E-state index contributed by atoms with van der Waals surface area (Å²) in [6, 6.07) is 1.45. The Labute approximate surface area is 104 Å². The van der Waals surface area contributed by atoms with Crippen LogP contribution in [-0.4, -0.2) is 24.1 Å². The topological polar surface area (TPSA) is 65.1 Å². The number of hydrogen-bond donors (Lipinski definition) is 0. The highest BCUT2D eigenvalue weighted by molar-refractivity contribution is 7.15. The third kappa shape index (κ3) is 1.83. The van der Waals surface area contributed by atoms with Crippen LogP contribution in [0.25, 0.3) is 5.78 Å². The van der Waals surface area contributed by atoms with Crippen LogP contribution in [0.15, 0.2) is 29.6 Å². The van der Waals surface area contributed by atoms with Crippen molar-refractivity contribution < 1.29 is 0 Å². The molecule has 0 spiro atoms. The Morgan fingerprint density at radius 3 is 3.06 bits per heavy atom. The predicted molar refractivity (Wildman–Crippen MR) is 63.5 cm³/mol. The molecular weight excluding hydrogens is 262 g/mol. The lowest BCUT2D eigenvalue weighted by Crippen LogP contribution is -2.17. The molecule has 0 atom stereocenters. The van der Waals surface area contributed by atoms with E-state index in [9.17, 15) is 4.79 Å². The van der Waals surface area contributed by atoms with E-state index in [-0.39, 0.29) is 5.56 Å². The van der Waals surface area contributed by atoms with E-state index in [4.69, 9.17) is 11.6 Å². The number of aromatic nitrogens is 5. The summed E-state index contributed by atoms with van der Waals surface area (Å²) >= 11 is 7.16. The second-order valence-electron chi connectivity index (χ2n) is 3.33. The molecule has 0 saturated carbocycles. The Morgan fingerprint density at radius 1 is 1.41 bits per heavy atom. The van der Waals surface area contributed by atoms with Crippen LogP contribution in [0.2, 0.25) is 4.47 Å². The van der Waals surface area contributed by atoms with Crippen LogP contribution >= 0.6 is 22.9 Å². The van der Waals surface area contributed by atoms with Gasteiger partial charge in [0.15, 0.2) is 4.47 Å². The zero-order valence-electron chi connectivity index (χ0n) is 8.45. The zero-order chi connectivity index (χ0) is 11.8. The quantitative estimate of drug-likeness (QED) is 0.696. The first-order valence-electron chi connectivity index (χ1n) is 4.73. The van der Waals surface area contributed by atoms with Crippen molar-refractivity contribution in [1.29, 1.82) is 0 Å². The van der Waals surface area contributed by atoms with Crippen molar-refractivity contribution in [2.75, 3.05) is 0 Å². The van der Waals surface area contributed by atoms with Crippen molar-refractivity contribution in [2.24, 2.45) is 0 Å². The van der Waals surface area contributed by atoms with Crippen molar-refractivity contribution in [3.05, 3.63) is 44.5 Å². The first-order valence-corrected chi connectivity index (χ1v) is 5.93. The molecule has 0 amide bonds.